The fraction of sp³-hybridized carbons (Fsp3) is 0.500. The van der Waals surface area contributed by atoms with E-state index in [1.165, 1.54) is 0 Å². The molecule has 3 amide bonds. The Morgan fingerprint density at radius 2 is 1.77 bits per heavy atom. The van der Waals surface area contributed by atoms with Crippen molar-refractivity contribution in [3.63, 3.8) is 0 Å². The van der Waals surface area contributed by atoms with Crippen LogP contribution >= 0.6 is 0 Å². The first-order chi connectivity index (χ1) is 20.8. The van der Waals surface area contributed by atoms with Crippen molar-refractivity contribution in [1.29, 1.82) is 0 Å². The van der Waals surface area contributed by atoms with Crippen molar-refractivity contribution in [3.05, 3.63) is 72.3 Å². The zero-order chi connectivity index (χ0) is 30.2. The molecule has 3 atom stereocenters. The Hall–Kier alpha value is -3.69. The van der Waals surface area contributed by atoms with E-state index in [0.29, 0.717) is 58.5 Å². The van der Waals surface area contributed by atoms with Crippen molar-refractivity contribution in [2.45, 2.75) is 50.6 Å². The number of carbonyl (C=O) groups is 3. The van der Waals surface area contributed by atoms with Gasteiger partial charge < -0.3 is 25.6 Å². The molecule has 9 nitrogen and oxygen atoms in total. The van der Waals surface area contributed by atoms with E-state index in [9.17, 15) is 14.4 Å². The van der Waals surface area contributed by atoms with Gasteiger partial charge in [0.05, 0.1) is 12.0 Å². The predicted molar refractivity (Wildman–Crippen MR) is 169 cm³/mol. The molecule has 0 aliphatic carbocycles. The van der Waals surface area contributed by atoms with Crippen molar-refractivity contribution in [1.82, 2.24) is 15.5 Å². The van der Waals surface area contributed by atoms with Crippen molar-refractivity contribution >= 4 is 29.1 Å². The van der Waals surface area contributed by atoms with E-state index >= 15 is 0 Å². The second-order valence-electron chi connectivity index (χ2n) is 12.4. The Bertz CT molecular complexity index is 1270. The maximum atomic E-state index is 13.8. The number of ether oxygens (including phenoxy) is 1. The number of nitrogens with zero attached hydrogens (tertiary/aromatic N) is 2. The zero-order valence-electron chi connectivity index (χ0n) is 25.4. The van der Waals surface area contributed by atoms with E-state index in [2.05, 4.69) is 33.0 Å². The van der Waals surface area contributed by atoms with Crippen LogP contribution in [-0.2, 0) is 25.5 Å². The summed E-state index contributed by atoms with van der Waals surface area (Å²) in [4.78, 5) is 44.7. The Labute approximate surface area is 255 Å². The Kier molecular flexibility index (Phi) is 10.1. The molecule has 2 fully saturated rings. The minimum absolute atomic E-state index is 0.0401. The number of benzene rings is 2. The first-order valence-electron chi connectivity index (χ1n) is 15.5. The van der Waals surface area contributed by atoms with Gasteiger partial charge in [-0.25, -0.2) is 0 Å². The number of amides is 3. The largest absolute Gasteiger partial charge is 0.381 e. The third-order valence-electron chi connectivity index (χ3n) is 9.13. The van der Waals surface area contributed by atoms with Gasteiger partial charge in [0.2, 0.25) is 17.7 Å². The summed E-state index contributed by atoms with van der Waals surface area (Å²) in [5, 5.41) is 9.48. The van der Waals surface area contributed by atoms with E-state index in [1.807, 2.05) is 73.6 Å². The maximum Gasteiger partial charge on any atom is 0.243 e. The van der Waals surface area contributed by atoms with Gasteiger partial charge in [-0.05, 0) is 67.9 Å². The van der Waals surface area contributed by atoms with Gasteiger partial charge in [0.15, 0.2) is 0 Å². The van der Waals surface area contributed by atoms with Gasteiger partial charge >= 0.3 is 0 Å². The van der Waals surface area contributed by atoms with E-state index < -0.39 is 11.5 Å². The summed E-state index contributed by atoms with van der Waals surface area (Å²) >= 11 is 0. The molecule has 2 aromatic carbocycles. The molecule has 3 aliphatic heterocycles. The lowest BCUT2D eigenvalue weighted by Crippen LogP contribution is -2.58. The predicted octanol–water partition coefficient (Wildman–Crippen LogP) is 3.37. The number of nitrogens with one attached hydrogen (secondary N) is 3. The molecule has 0 saturated carbocycles. The van der Waals surface area contributed by atoms with Gasteiger partial charge in [0.1, 0.15) is 6.04 Å². The summed E-state index contributed by atoms with van der Waals surface area (Å²) in [6.07, 6.45) is 8.13. The van der Waals surface area contributed by atoms with Gasteiger partial charge in [-0.3, -0.25) is 19.3 Å². The highest BCUT2D eigenvalue weighted by atomic mass is 16.5. The molecule has 0 aromatic heterocycles. The quantitative estimate of drug-likeness (QED) is 0.448. The van der Waals surface area contributed by atoms with Gasteiger partial charge in [-0.2, -0.15) is 0 Å². The molecule has 0 radical (unpaired) electrons. The average Bonchev–Trinajstić information content (AvgIpc) is 3.00. The smallest absolute Gasteiger partial charge is 0.243 e. The minimum atomic E-state index is -0.665. The highest BCUT2D eigenvalue weighted by Gasteiger charge is 2.41. The second-order valence-corrected chi connectivity index (χ2v) is 12.4. The van der Waals surface area contributed by atoms with Crippen LogP contribution in [0.4, 0.5) is 11.4 Å². The molecule has 2 saturated heterocycles. The number of likely N-dealkylation sites (tertiary alicyclic amines) is 1. The molecule has 230 valence electrons. The summed E-state index contributed by atoms with van der Waals surface area (Å²) < 4.78 is 5.60. The van der Waals surface area contributed by atoms with Crippen molar-refractivity contribution < 1.29 is 19.1 Å². The van der Waals surface area contributed by atoms with Crippen LogP contribution in [0.1, 0.15) is 37.7 Å². The number of piperidine rings is 1. The number of fused-ring (bicyclic) bond motifs is 1. The number of hydrogen-bond acceptors (Lipinski definition) is 6. The molecule has 0 unspecified atom stereocenters. The van der Waals surface area contributed by atoms with Gasteiger partial charge in [-0.15, -0.1) is 0 Å². The van der Waals surface area contributed by atoms with Crippen LogP contribution < -0.4 is 20.9 Å². The number of allylic oxidation sites excluding steroid dienone is 2. The Balaban J connectivity index is 1.29. The number of anilines is 2. The molecule has 43 heavy (non-hydrogen) atoms. The van der Waals surface area contributed by atoms with Crippen LogP contribution in [0, 0.1) is 11.3 Å². The monoisotopic (exact) mass is 587 g/mol. The van der Waals surface area contributed by atoms with E-state index in [0.717, 1.165) is 29.8 Å². The second kappa shape index (κ2) is 14.2. The van der Waals surface area contributed by atoms with Crippen molar-refractivity contribution in [3.8, 4) is 0 Å². The molecule has 5 rings (SSSR count). The molecule has 3 heterocycles. The normalized spacial score (nSPS) is 25.3. The fourth-order valence-corrected chi connectivity index (χ4v) is 6.45. The first kappa shape index (κ1) is 30.8. The average molecular weight is 588 g/mol. The van der Waals surface area contributed by atoms with Gasteiger partial charge in [0, 0.05) is 64.2 Å². The Morgan fingerprint density at radius 3 is 2.49 bits per heavy atom. The third kappa shape index (κ3) is 8.03. The topological polar surface area (TPSA) is 103 Å². The summed E-state index contributed by atoms with van der Waals surface area (Å²) in [6.45, 7) is 2.79. The lowest BCUT2D eigenvalue weighted by atomic mass is 9.75. The molecule has 3 aliphatic rings. The fourth-order valence-electron chi connectivity index (χ4n) is 6.45. The van der Waals surface area contributed by atoms with Gasteiger partial charge in [-0.1, -0.05) is 42.5 Å². The summed E-state index contributed by atoms with van der Waals surface area (Å²) in [5.74, 6) is -0.104. The van der Waals surface area contributed by atoms with Crippen molar-refractivity contribution in [2.24, 2.45) is 11.3 Å². The van der Waals surface area contributed by atoms with E-state index in [1.54, 1.807) is 0 Å². The molecular weight excluding hydrogens is 542 g/mol. The molecule has 2 aromatic rings. The standard InChI is InChI=1S/C34H45N5O4/c1-38(2)28-13-11-27(12-14-28)35-31(40)24-39-19-15-29-26(23-39)10-6-7-16-34(17-20-43-21-18-34)33(42)37-30(32(41)36-29)22-25-8-4-3-5-9-25/h3-9,11-14,26,29-30H,10,15-24H2,1-2H3,(H,35,40)(H,36,41)(H,37,42)/b7-6+/t26-,29+,30-/m1/s1. The molecule has 0 bridgehead atoms. The summed E-state index contributed by atoms with van der Waals surface area (Å²) in [7, 11) is 3.97. The highest BCUT2D eigenvalue weighted by Crippen LogP contribution is 2.36. The van der Waals surface area contributed by atoms with Crippen LogP contribution in [-0.4, -0.2) is 81.6 Å². The van der Waals surface area contributed by atoms with E-state index in [-0.39, 0.29) is 29.7 Å². The van der Waals surface area contributed by atoms with E-state index in [4.69, 9.17) is 4.74 Å². The molecule has 1 spiro atoms. The van der Waals surface area contributed by atoms with Crippen LogP contribution in [0.25, 0.3) is 0 Å². The van der Waals surface area contributed by atoms with Crippen LogP contribution in [0.5, 0.6) is 0 Å². The minimum Gasteiger partial charge on any atom is -0.381 e. The number of hydrogen-bond donors (Lipinski definition) is 3. The van der Waals surface area contributed by atoms with Crippen LogP contribution in [0.15, 0.2) is 66.7 Å². The lowest BCUT2D eigenvalue weighted by Gasteiger charge is -2.40. The lowest BCUT2D eigenvalue weighted by molar-refractivity contribution is -0.140. The summed E-state index contributed by atoms with van der Waals surface area (Å²) in [6, 6.07) is 16.9. The van der Waals surface area contributed by atoms with Crippen LogP contribution in [0.2, 0.25) is 0 Å². The number of rotatable bonds is 6. The zero-order valence-corrected chi connectivity index (χ0v) is 25.4. The third-order valence-corrected chi connectivity index (χ3v) is 9.13. The highest BCUT2D eigenvalue weighted by molar-refractivity contribution is 5.92. The molecular formula is C34H45N5O4. The first-order valence-corrected chi connectivity index (χ1v) is 15.5. The van der Waals surface area contributed by atoms with Crippen LogP contribution in [0.3, 0.4) is 0 Å². The molecule has 9 heteroatoms. The van der Waals surface area contributed by atoms with Crippen molar-refractivity contribution in [2.75, 3.05) is 57.2 Å². The molecule has 3 N–H and O–H groups in total. The SMILES string of the molecule is CN(C)c1ccc(NC(=O)CN2CC[C@@H]3NC(=O)[C@@H](Cc4ccccc4)NC(=O)C4(C/C=C/C[C@@H]3C2)CCOCC4)cc1. The number of carbonyl (C=O) groups excluding carboxylic acids is 3. The van der Waals surface area contributed by atoms with Gasteiger partial charge in [0.25, 0.3) is 0 Å². The maximum absolute atomic E-state index is 13.8. The summed E-state index contributed by atoms with van der Waals surface area (Å²) in [5.41, 5.74) is 2.28. The Morgan fingerprint density at radius 1 is 1.02 bits per heavy atom.